The largest absolute Gasteiger partial charge is 0.379 e. The number of nitrogens with zero attached hydrogens (tertiary/aromatic N) is 2. The molecule has 0 aromatic carbocycles. The summed E-state index contributed by atoms with van der Waals surface area (Å²) in [5.41, 5.74) is 0. The van der Waals surface area contributed by atoms with Crippen LogP contribution in [0.1, 0.15) is 19.3 Å². The van der Waals surface area contributed by atoms with Gasteiger partial charge in [0.2, 0.25) is 0 Å². The van der Waals surface area contributed by atoms with Gasteiger partial charge in [-0.15, -0.1) is 0 Å². The molecule has 0 radical (unpaired) electrons. The molecule has 3 nitrogen and oxygen atoms in total. The predicted molar refractivity (Wildman–Crippen MR) is 57.6 cm³/mol. The van der Waals surface area contributed by atoms with Gasteiger partial charge < -0.3 is 9.64 Å². The predicted octanol–water partition coefficient (Wildman–Crippen LogP) is 0.804. The number of piperidine rings is 1. The SMILES string of the molecule is C1CCN(CCN2CCOCC2)CC1. The third kappa shape index (κ3) is 3.23. The van der Waals surface area contributed by atoms with Crippen LogP contribution in [0.15, 0.2) is 0 Å². The normalized spacial score (nSPS) is 26.6. The number of hydrogen-bond donors (Lipinski definition) is 0. The van der Waals surface area contributed by atoms with E-state index in [1.54, 1.807) is 0 Å². The Balaban J connectivity index is 1.60. The summed E-state index contributed by atoms with van der Waals surface area (Å²) in [4.78, 5) is 5.14. The second-order valence-electron chi connectivity index (χ2n) is 4.36. The van der Waals surface area contributed by atoms with Crippen molar-refractivity contribution in [1.29, 1.82) is 0 Å². The van der Waals surface area contributed by atoms with Gasteiger partial charge in [0, 0.05) is 26.2 Å². The van der Waals surface area contributed by atoms with E-state index in [9.17, 15) is 0 Å². The molecule has 0 aromatic rings. The molecule has 2 rings (SSSR count). The number of rotatable bonds is 3. The second kappa shape index (κ2) is 5.69. The van der Waals surface area contributed by atoms with Gasteiger partial charge in [0.15, 0.2) is 0 Å². The molecule has 3 heteroatoms. The van der Waals surface area contributed by atoms with E-state index in [1.807, 2.05) is 0 Å². The van der Waals surface area contributed by atoms with Gasteiger partial charge in [-0.3, -0.25) is 4.90 Å². The molecular weight excluding hydrogens is 176 g/mol. The molecule has 0 aliphatic carbocycles. The Labute approximate surface area is 87.0 Å². The van der Waals surface area contributed by atoms with Crippen molar-refractivity contribution in [1.82, 2.24) is 9.80 Å². The van der Waals surface area contributed by atoms with Crippen LogP contribution >= 0.6 is 0 Å². The summed E-state index contributed by atoms with van der Waals surface area (Å²) in [5.74, 6) is 0. The van der Waals surface area contributed by atoms with Crippen LogP contribution in [-0.2, 0) is 4.74 Å². The van der Waals surface area contributed by atoms with E-state index in [1.165, 1.54) is 45.4 Å². The smallest absolute Gasteiger partial charge is 0.0594 e. The first kappa shape index (κ1) is 10.4. The van der Waals surface area contributed by atoms with Crippen molar-refractivity contribution >= 4 is 0 Å². The highest BCUT2D eigenvalue weighted by Gasteiger charge is 2.13. The lowest BCUT2D eigenvalue weighted by Crippen LogP contribution is -2.42. The van der Waals surface area contributed by atoms with Crippen molar-refractivity contribution in [2.75, 3.05) is 52.5 Å². The van der Waals surface area contributed by atoms with Crippen LogP contribution < -0.4 is 0 Å². The molecule has 2 aliphatic rings. The Morgan fingerprint density at radius 2 is 1.29 bits per heavy atom. The van der Waals surface area contributed by atoms with Crippen molar-refractivity contribution in [3.8, 4) is 0 Å². The average Bonchev–Trinajstić information content (AvgIpc) is 2.29. The quantitative estimate of drug-likeness (QED) is 0.667. The van der Waals surface area contributed by atoms with Crippen molar-refractivity contribution < 1.29 is 4.74 Å². The van der Waals surface area contributed by atoms with Crippen LogP contribution in [0.3, 0.4) is 0 Å². The van der Waals surface area contributed by atoms with Crippen molar-refractivity contribution in [2.45, 2.75) is 19.3 Å². The van der Waals surface area contributed by atoms with Crippen LogP contribution in [0, 0.1) is 0 Å². The monoisotopic (exact) mass is 198 g/mol. The Bertz CT molecular complexity index is 133. The standard InChI is InChI=1S/C11H22N2O/c1-2-4-12(5-3-1)6-7-13-8-10-14-11-9-13/h1-11H2. The fourth-order valence-corrected chi connectivity index (χ4v) is 2.29. The Morgan fingerprint density at radius 3 is 1.93 bits per heavy atom. The lowest BCUT2D eigenvalue weighted by Gasteiger charge is -2.31. The van der Waals surface area contributed by atoms with Crippen LogP contribution in [-0.4, -0.2) is 62.3 Å². The maximum absolute atomic E-state index is 5.34. The molecule has 2 fully saturated rings. The van der Waals surface area contributed by atoms with E-state index in [-0.39, 0.29) is 0 Å². The molecule has 0 amide bonds. The Kier molecular flexibility index (Phi) is 4.22. The van der Waals surface area contributed by atoms with E-state index >= 15 is 0 Å². The molecule has 2 heterocycles. The molecule has 0 unspecified atom stereocenters. The summed E-state index contributed by atoms with van der Waals surface area (Å²) in [7, 11) is 0. The first-order valence-electron chi connectivity index (χ1n) is 5.97. The minimum Gasteiger partial charge on any atom is -0.379 e. The van der Waals surface area contributed by atoms with Crippen LogP contribution in [0.25, 0.3) is 0 Å². The van der Waals surface area contributed by atoms with Gasteiger partial charge in [-0.2, -0.15) is 0 Å². The fraction of sp³-hybridized carbons (Fsp3) is 1.00. The first-order valence-corrected chi connectivity index (χ1v) is 5.97. The third-order valence-electron chi connectivity index (χ3n) is 3.28. The molecule has 82 valence electrons. The van der Waals surface area contributed by atoms with Gasteiger partial charge in [-0.05, 0) is 25.9 Å². The van der Waals surface area contributed by atoms with E-state index in [2.05, 4.69) is 9.80 Å². The van der Waals surface area contributed by atoms with E-state index < -0.39 is 0 Å². The molecule has 0 N–H and O–H groups in total. The van der Waals surface area contributed by atoms with Gasteiger partial charge >= 0.3 is 0 Å². The second-order valence-corrected chi connectivity index (χ2v) is 4.36. The molecule has 0 saturated carbocycles. The maximum Gasteiger partial charge on any atom is 0.0594 e. The zero-order chi connectivity index (χ0) is 9.64. The molecule has 0 aromatic heterocycles. The molecular formula is C11H22N2O. The number of likely N-dealkylation sites (tertiary alicyclic amines) is 1. The molecule has 2 saturated heterocycles. The van der Waals surface area contributed by atoms with Gasteiger partial charge in [-0.25, -0.2) is 0 Å². The summed E-state index contributed by atoms with van der Waals surface area (Å²) in [6, 6.07) is 0. The maximum atomic E-state index is 5.34. The Hall–Kier alpha value is -0.120. The topological polar surface area (TPSA) is 15.7 Å². The van der Waals surface area contributed by atoms with Crippen molar-refractivity contribution in [2.24, 2.45) is 0 Å². The summed E-state index contributed by atoms with van der Waals surface area (Å²) in [6.45, 7) is 9.28. The molecule has 2 aliphatic heterocycles. The summed E-state index contributed by atoms with van der Waals surface area (Å²) in [6.07, 6.45) is 4.25. The van der Waals surface area contributed by atoms with Gasteiger partial charge in [0.25, 0.3) is 0 Å². The van der Waals surface area contributed by atoms with Crippen LogP contribution in [0.2, 0.25) is 0 Å². The van der Waals surface area contributed by atoms with E-state index in [0.29, 0.717) is 0 Å². The molecule has 0 bridgehead atoms. The zero-order valence-electron chi connectivity index (χ0n) is 9.08. The third-order valence-corrected chi connectivity index (χ3v) is 3.28. The van der Waals surface area contributed by atoms with Gasteiger partial charge in [0.05, 0.1) is 13.2 Å². The van der Waals surface area contributed by atoms with E-state index in [4.69, 9.17) is 4.74 Å². The fourth-order valence-electron chi connectivity index (χ4n) is 2.29. The highest BCUT2D eigenvalue weighted by Crippen LogP contribution is 2.08. The van der Waals surface area contributed by atoms with Crippen LogP contribution in [0.4, 0.5) is 0 Å². The summed E-state index contributed by atoms with van der Waals surface area (Å²) in [5, 5.41) is 0. The summed E-state index contributed by atoms with van der Waals surface area (Å²) < 4.78 is 5.34. The lowest BCUT2D eigenvalue weighted by molar-refractivity contribution is 0.0324. The number of morpholine rings is 1. The number of ether oxygens (including phenoxy) is 1. The molecule has 0 atom stereocenters. The number of hydrogen-bond acceptors (Lipinski definition) is 3. The van der Waals surface area contributed by atoms with Crippen LogP contribution in [0.5, 0.6) is 0 Å². The van der Waals surface area contributed by atoms with E-state index in [0.717, 1.165) is 26.3 Å². The van der Waals surface area contributed by atoms with Gasteiger partial charge in [0.1, 0.15) is 0 Å². The summed E-state index contributed by atoms with van der Waals surface area (Å²) >= 11 is 0. The lowest BCUT2D eigenvalue weighted by atomic mass is 10.1. The Morgan fingerprint density at radius 1 is 0.714 bits per heavy atom. The van der Waals surface area contributed by atoms with Gasteiger partial charge in [-0.1, -0.05) is 6.42 Å². The minimum atomic E-state index is 0.931. The molecule has 14 heavy (non-hydrogen) atoms. The highest BCUT2D eigenvalue weighted by molar-refractivity contribution is 4.68. The first-order chi connectivity index (χ1) is 6.95. The average molecular weight is 198 g/mol. The van der Waals surface area contributed by atoms with Crippen molar-refractivity contribution in [3.63, 3.8) is 0 Å². The van der Waals surface area contributed by atoms with Crippen molar-refractivity contribution in [3.05, 3.63) is 0 Å². The minimum absolute atomic E-state index is 0.931. The molecule has 0 spiro atoms. The zero-order valence-corrected chi connectivity index (χ0v) is 9.08. The highest BCUT2D eigenvalue weighted by atomic mass is 16.5.